The fourth-order valence-electron chi connectivity index (χ4n) is 5.11. The first-order valence-electron chi connectivity index (χ1n) is 12.6. The number of benzene rings is 4. The molecule has 0 unspecified atom stereocenters. The minimum absolute atomic E-state index is 0.0880. The zero-order valence-electron chi connectivity index (χ0n) is 20.9. The number of carboxylic acid groups (broad SMARTS) is 1. The summed E-state index contributed by atoms with van der Waals surface area (Å²) in [6.45, 7) is 0.186. The van der Waals surface area contributed by atoms with Gasteiger partial charge in [-0.25, -0.2) is 4.79 Å². The number of nitrogens with zero attached hydrogens (tertiary/aromatic N) is 1. The molecule has 0 bridgehead atoms. The minimum atomic E-state index is -1.08. The van der Waals surface area contributed by atoms with Gasteiger partial charge in [0.1, 0.15) is 18.4 Å². The summed E-state index contributed by atoms with van der Waals surface area (Å²) in [5.74, 6) is -1.48. The van der Waals surface area contributed by atoms with Crippen LogP contribution in [0.4, 0.5) is 0 Å². The van der Waals surface area contributed by atoms with E-state index in [1.165, 1.54) is 4.90 Å². The summed E-state index contributed by atoms with van der Waals surface area (Å²) in [6, 6.07) is 31.1. The van der Waals surface area contributed by atoms with Gasteiger partial charge in [-0.05, 0) is 22.3 Å². The topological polar surface area (TPSA) is 87.1 Å². The number of carboxylic acids is 1. The van der Waals surface area contributed by atoms with Crippen LogP contribution in [0.25, 0.3) is 0 Å². The Balaban J connectivity index is 1.52. The molecule has 192 valence electrons. The van der Waals surface area contributed by atoms with Crippen molar-refractivity contribution in [1.29, 1.82) is 0 Å². The molecule has 0 aromatic heterocycles. The quantitative estimate of drug-likeness (QED) is 0.353. The largest absolute Gasteiger partial charge is 0.488 e. The van der Waals surface area contributed by atoms with Gasteiger partial charge in [0, 0.05) is 24.1 Å². The number of aliphatic carboxylic acids is 1. The van der Waals surface area contributed by atoms with Gasteiger partial charge in [0.25, 0.3) is 0 Å². The zero-order valence-corrected chi connectivity index (χ0v) is 20.9. The van der Waals surface area contributed by atoms with Gasteiger partial charge in [0.2, 0.25) is 5.91 Å². The molecule has 1 aliphatic rings. The highest BCUT2D eigenvalue weighted by molar-refractivity contribution is 5.91. The molecule has 1 heterocycles. The van der Waals surface area contributed by atoms with Crippen LogP contribution in [0.3, 0.4) is 0 Å². The Labute approximate surface area is 221 Å². The molecule has 0 spiro atoms. The number of rotatable bonds is 8. The van der Waals surface area contributed by atoms with Gasteiger partial charge < -0.3 is 19.8 Å². The number of hydrogen-bond donors (Lipinski definition) is 2. The molecular weight excluding hydrogens is 478 g/mol. The van der Waals surface area contributed by atoms with Gasteiger partial charge in [-0.15, -0.1) is 0 Å². The number of hydrogen-bond acceptors (Lipinski definition) is 4. The molecule has 0 saturated carbocycles. The third-order valence-electron chi connectivity index (χ3n) is 7.03. The van der Waals surface area contributed by atoms with E-state index >= 15 is 0 Å². The second kappa shape index (κ2) is 11.3. The molecule has 1 atom stereocenters. The van der Waals surface area contributed by atoms with Crippen LogP contribution in [0.2, 0.25) is 0 Å². The van der Waals surface area contributed by atoms with Crippen molar-refractivity contribution in [3.05, 3.63) is 137 Å². The Morgan fingerprint density at radius 1 is 0.842 bits per heavy atom. The Bertz CT molecular complexity index is 1370. The highest BCUT2D eigenvalue weighted by Crippen LogP contribution is 2.37. The van der Waals surface area contributed by atoms with Gasteiger partial charge in [-0.3, -0.25) is 4.79 Å². The van der Waals surface area contributed by atoms with Crippen molar-refractivity contribution >= 4 is 11.9 Å². The summed E-state index contributed by atoms with van der Waals surface area (Å²) in [4.78, 5) is 28.1. The normalized spacial score (nSPS) is 14.7. The maximum atomic E-state index is 14.1. The molecule has 5 rings (SSSR count). The van der Waals surface area contributed by atoms with E-state index in [1.54, 1.807) is 6.07 Å². The highest BCUT2D eigenvalue weighted by atomic mass is 16.5. The van der Waals surface area contributed by atoms with E-state index in [1.807, 2.05) is 97.1 Å². The lowest BCUT2D eigenvalue weighted by atomic mass is 9.86. The molecule has 2 N–H and O–H groups in total. The SMILES string of the molecule is O=C(O)[C@@H]1Cc2c(ccc(CO)c2OCc2ccccc2)CN1C(=O)C(c1ccccc1)c1ccccc1. The maximum absolute atomic E-state index is 14.1. The number of carbonyl (C=O) groups is 2. The standard InChI is InChI=1S/C32H29NO5/c34-20-26-17-16-25-19-33(31(35)29(23-12-6-2-7-13-23)24-14-8-3-9-15-24)28(32(36)37)18-27(25)30(26)38-21-22-10-4-1-5-11-22/h1-17,28-29,34H,18-21H2,(H,36,37)/t28-/m0/s1. The Morgan fingerprint density at radius 3 is 1.97 bits per heavy atom. The van der Waals surface area contributed by atoms with Crippen LogP contribution >= 0.6 is 0 Å². The van der Waals surface area contributed by atoms with Gasteiger partial charge >= 0.3 is 5.97 Å². The molecule has 1 amide bonds. The molecular formula is C32H29NO5. The fourth-order valence-corrected chi connectivity index (χ4v) is 5.11. The lowest BCUT2D eigenvalue weighted by molar-refractivity contribution is -0.151. The average Bonchev–Trinajstić information content (AvgIpc) is 2.96. The van der Waals surface area contributed by atoms with Crippen LogP contribution in [0, 0.1) is 0 Å². The second-order valence-electron chi connectivity index (χ2n) is 9.40. The van der Waals surface area contributed by atoms with Crippen LogP contribution in [0.1, 0.15) is 39.3 Å². The molecule has 0 fully saturated rings. The fraction of sp³-hybridized carbons (Fsp3) is 0.188. The van der Waals surface area contributed by atoms with E-state index in [9.17, 15) is 19.8 Å². The maximum Gasteiger partial charge on any atom is 0.326 e. The third-order valence-corrected chi connectivity index (χ3v) is 7.03. The minimum Gasteiger partial charge on any atom is -0.488 e. The summed E-state index contributed by atoms with van der Waals surface area (Å²) in [5, 5.41) is 20.2. The van der Waals surface area contributed by atoms with Crippen molar-refractivity contribution in [1.82, 2.24) is 4.90 Å². The van der Waals surface area contributed by atoms with Gasteiger partial charge in [-0.2, -0.15) is 0 Å². The number of aliphatic hydroxyl groups is 1. The summed E-state index contributed by atoms with van der Waals surface area (Å²) >= 11 is 0. The first kappa shape index (κ1) is 25.2. The number of amides is 1. The number of fused-ring (bicyclic) bond motifs is 1. The number of ether oxygens (including phenoxy) is 1. The molecule has 0 saturated heterocycles. The van der Waals surface area contributed by atoms with E-state index in [-0.39, 0.29) is 32.1 Å². The average molecular weight is 508 g/mol. The molecule has 38 heavy (non-hydrogen) atoms. The molecule has 4 aromatic rings. The molecule has 6 heteroatoms. The molecule has 0 aliphatic carbocycles. The molecule has 4 aromatic carbocycles. The van der Waals surface area contributed by atoms with Crippen molar-refractivity contribution in [2.45, 2.75) is 38.1 Å². The van der Waals surface area contributed by atoms with E-state index in [0.29, 0.717) is 11.3 Å². The van der Waals surface area contributed by atoms with Gasteiger partial charge in [0.15, 0.2) is 0 Å². The summed E-state index contributed by atoms with van der Waals surface area (Å²) < 4.78 is 6.17. The monoisotopic (exact) mass is 507 g/mol. The van der Waals surface area contributed by atoms with Crippen molar-refractivity contribution in [2.24, 2.45) is 0 Å². The van der Waals surface area contributed by atoms with Gasteiger partial charge in [-0.1, -0.05) is 103 Å². The van der Waals surface area contributed by atoms with E-state index < -0.39 is 17.9 Å². The lowest BCUT2D eigenvalue weighted by Gasteiger charge is -2.37. The predicted octanol–water partition coefficient (Wildman–Crippen LogP) is 4.93. The van der Waals surface area contributed by atoms with E-state index in [0.717, 1.165) is 27.8 Å². The van der Waals surface area contributed by atoms with Crippen molar-refractivity contribution in [2.75, 3.05) is 0 Å². The first-order chi connectivity index (χ1) is 18.6. The first-order valence-corrected chi connectivity index (χ1v) is 12.6. The molecule has 6 nitrogen and oxygen atoms in total. The second-order valence-corrected chi connectivity index (χ2v) is 9.40. The van der Waals surface area contributed by atoms with Crippen LogP contribution in [-0.4, -0.2) is 33.0 Å². The molecule has 1 aliphatic heterocycles. The van der Waals surface area contributed by atoms with Crippen LogP contribution in [0.5, 0.6) is 5.75 Å². The van der Waals surface area contributed by atoms with Crippen molar-refractivity contribution in [3.8, 4) is 5.75 Å². The summed E-state index contributed by atoms with van der Waals surface area (Å²) in [5.41, 5.74) is 4.71. The van der Waals surface area contributed by atoms with Crippen molar-refractivity contribution in [3.63, 3.8) is 0 Å². The summed E-state index contributed by atoms with van der Waals surface area (Å²) in [6.07, 6.45) is 0.0880. The summed E-state index contributed by atoms with van der Waals surface area (Å²) in [7, 11) is 0. The van der Waals surface area contributed by atoms with Crippen LogP contribution in [0.15, 0.2) is 103 Å². The van der Waals surface area contributed by atoms with Crippen LogP contribution < -0.4 is 4.74 Å². The Kier molecular flexibility index (Phi) is 7.52. The Morgan fingerprint density at radius 2 is 1.42 bits per heavy atom. The zero-order chi connectivity index (χ0) is 26.5. The lowest BCUT2D eigenvalue weighted by Crippen LogP contribution is -2.50. The Hall–Kier alpha value is -4.42. The van der Waals surface area contributed by atoms with Crippen LogP contribution in [-0.2, 0) is 35.8 Å². The van der Waals surface area contributed by atoms with Crippen molar-refractivity contribution < 1.29 is 24.5 Å². The smallest absolute Gasteiger partial charge is 0.326 e. The van der Waals surface area contributed by atoms with E-state index in [2.05, 4.69) is 0 Å². The van der Waals surface area contributed by atoms with Gasteiger partial charge in [0.05, 0.1) is 12.5 Å². The number of carbonyl (C=O) groups excluding carboxylic acids is 1. The molecule has 0 radical (unpaired) electrons. The van der Waals surface area contributed by atoms with E-state index in [4.69, 9.17) is 4.74 Å². The number of aliphatic hydroxyl groups excluding tert-OH is 1. The highest BCUT2D eigenvalue weighted by Gasteiger charge is 2.39. The third kappa shape index (κ3) is 5.17. The predicted molar refractivity (Wildman–Crippen MR) is 144 cm³/mol.